The molecule has 1 heterocycles. The highest BCUT2D eigenvalue weighted by atomic mass is 16.2. The molecular formula is C18H28N2O2. The molecule has 0 unspecified atom stereocenters. The molecule has 1 atom stereocenters. The molecule has 1 saturated heterocycles. The molecule has 3 fully saturated rings. The van der Waals surface area contributed by atoms with E-state index in [0.717, 1.165) is 25.7 Å². The molecule has 0 aromatic rings. The Kier molecular flexibility index (Phi) is 4.84. The molecule has 0 spiro atoms. The Balaban J connectivity index is 1.65. The molecule has 0 N–H and O–H groups in total. The smallest absolute Gasteiger partial charge is 0.228 e. The zero-order valence-electron chi connectivity index (χ0n) is 13.5. The molecule has 4 nitrogen and oxygen atoms in total. The SMILES string of the molecule is C=CCN(C(=O)[C@@H]1CC(=O)N(C2CCCC2)C1)C1CCCC1. The Morgan fingerprint density at radius 3 is 2.45 bits per heavy atom. The highest BCUT2D eigenvalue weighted by molar-refractivity contribution is 5.89. The van der Waals surface area contributed by atoms with Crippen LogP contribution in [0.1, 0.15) is 57.8 Å². The minimum Gasteiger partial charge on any atom is -0.339 e. The Morgan fingerprint density at radius 1 is 1.18 bits per heavy atom. The van der Waals surface area contributed by atoms with E-state index in [1.165, 1.54) is 25.7 Å². The number of likely N-dealkylation sites (tertiary alicyclic amines) is 1. The second kappa shape index (κ2) is 6.84. The molecule has 0 radical (unpaired) electrons. The monoisotopic (exact) mass is 304 g/mol. The van der Waals surface area contributed by atoms with E-state index >= 15 is 0 Å². The molecule has 0 aromatic carbocycles. The molecule has 3 rings (SSSR count). The fourth-order valence-electron chi connectivity index (χ4n) is 4.47. The molecule has 2 amide bonds. The molecule has 4 heteroatoms. The molecule has 0 aromatic heterocycles. The molecule has 122 valence electrons. The number of hydrogen-bond donors (Lipinski definition) is 0. The molecule has 3 aliphatic rings. The van der Waals surface area contributed by atoms with E-state index in [9.17, 15) is 9.59 Å². The second-order valence-electron chi connectivity index (χ2n) is 7.10. The Morgan fingerprint density at radius 2 is 1.82 bits per heavy atom. The first-order valence-corrected chi connectivity index (χ1v) is 8.91. The standard InChI is InChI=1S/C18H28N2O2/c1-2-11-19(15-7-3-4-8-15)18(22)14-12-17(21)20(13-14)16-9-5-6-10-16/h2,14-16H,1,3-13H2/t14-/m1/s1. The maximum Gasteiger partial charge on any atom is 0.228 e. The van der Waals surface area contributed by atoms with Crippen LogP contribution in [0.2, 0.25) is 0 Å². The van der Waals surface area contributed by atoms with Gasteiger partial charge in [0, 0.05) is 31.6 Å². The van der Waals surface area contributed by atoms with E-state index in [0.29, 0.717) is 31.6 Å². The zero-order chi connectivity index (χ0) is 15.5. The molecule has 1 aliphatic heterocycles. The van der Waals surface area contributed by atoms with E-state index in [1.807, 2.05) is 15.9 Å². The van der Waals surface area contributed by atoms with E-state index < -0.39 is 0 Å². The maximum absolute atomic E-state index is 12.9. The number of rotatable bonds is 5. The topological polar surface area (TPSA) is 40.6 Å². The lowest BCUT2D eigenvalue weighted by atomic mass is 10.0. The summed E-state index contributed by atoms with van der Waals surface area (Å²) in [6.07, 6.45) is 11.5. The number of hydrogen-bond acceptors (Lipinski definition) is 2. The van der Waals surface area contributed by atoms with Crippen LogP contribution in [0.15, 0.2) is 12.7 Å². The molecule has 2 aliphatic carbocycles. The lowest BCUT2D eigenvalue weighted by Crippen LogP contribution is -2.43. The Hall–Kier alpha value is -1.32. The molecule has 2 saturated carbocycles. The van der Waals surface area contributed by atoms with Crippen LogP contribution in [0, 0.1) is 5.92 Å². The number of carbonyl (C=O) groups is 2. The zero-order valence-corrected chi connectivity index (χ0v) is 13.5. The largest absolute Gasteiger partial charge is 0.339 e. The normalized spacial score (nSPS) is 26.8. The summed E-state index contributed by atoms with van der Waals surface area (Å²) in [5.41, 5.74) is 0. The average molecular weight is 304 g/mol. The fourth-order valence-corrected chi connectivity index (χ4v) is 4.47. The summed E-state index contributed by atoms with van der Waals surface area (Å²) in [6, 6.07) is 0.755. The molecule has 0 bridgehead atoms. The van der Waals surface area contributed by atoms with Crippen molar-refractivity contribution in [3.63, 3.8) is 0 Å². The first-order valence-electron chi connectivity index (χ1n) is 8.91. The van der Waals surface area contributed by atoms with Gasteiger partial charge < -0.3 is 9.80 Å². The van der Waals surface area contributed by atoms with Crippen molar-refractivity contribution < 1.29 is 9.59 Å². The molecule has 22 heavy (non-hydrogen) atoms. The van der Waals surface area contributed by atoms with E-state index in [2.05, 4.69) is 6.58 Å². The van der Waals surface area contributed by atoms with Gasteiger partial charge in [-0.15, -0.1) is 6.58 Å². The Bertz CT molecular complexity index is 436. The minimum atomic E-state index is -0.131. The van der Waals surface area contributed by atoms with Crippen molar-refractivity contribution in [2.24, 2.45) is 5.92 Å². The summed E-state index contributed by atoms with van der Waals surface area (Å²) >= 11 is 0. The lowest BCUT2D eigenvalue weighted by Gasteiger charge is -2.30. The van der Waals surface area contributed by atoms with Gasteiger partial charge in [-0.2, -0.15) is 0 Å². The van der Waals surface area contributed by atoms with Gasteiger partial charge in [-0.25, -0.2) is 0 Å². The van der Waals surface area contributed by atoms with Crippen LogP contribution >= 0.6 is 0 Å². The van der Waals surface area contributed by atoms with Crippen molar-refractivity contribution >= 4 is 11.8 Å². The van der Waals surface area contributed by atoms with Gasteiger partial charge in [-0.3, -0.25) is 9.59 Å². The van der Waals surface area contributed by atoms with E-state index in [1.54, 1.807) is 0 Å². The van der Waals surface area contributed by atoms with Crippen molar-refractivity contribution in [3.05, 3.63) is 12.7 Å². The maximum atomic E-state index is 12.9. The van der Waals surface area contributed by atoms with Gasteiger partial charge in [-0.05, 0) is 25.7 Å². The van der Waals surface area contributed by atoms with Gasteiger partial charge in [0.25, 0.3) is 0 Å². The van der Waals surface area contributed by atoms with Gasteiger partial charge in [0.2, 0.25) is 11.8 Å². The summed E-state index contributed by atoms with van der Waals surface area (Å²) in [6.45, 7) is 5.07. The first kappa shape index (κ1) is 15.6. The van der Waals surface area contributed by atoms with Crippen molar-refractivity contribution in [3.8, 4) is 0 Å². The summed E-state index contributed by atoms with van der Waals surface area (Å²) in [5, 5.41) is 0. The van der Waals surface area contributed by atoms with Crippen molar-refractivity contribution in [2.75, 3.05) is 13.1 Å². The van der Waals surface area contributed by atoms with Gasteiger partial charge in [0.1, 0.15) is 0 Å². The second-order valence-corrected chi connectivity index (χ2v) is 7.10. The van der Waals surface area contributed by atoms with E-state index in [4.69, 9.17) is 0 Å². The van der Waals surface area contributed by atoms with Crippen LogP contribution in [0.3, 0.4) is 0 Å². The predicted octanol–water partition coefficient (Wildman–Crippen LogP) is 2.73. The van der Waals surface area contributed by atoms with Crippen molar-refractivity contribution in [2.45, 2.75) is 69.9 Å². The number of nitrogens with zero attached hydrogens (tertiary/aromatic N) is 2. The Labute approximate surface area is 133 Å². The van der Waals surface area contributed by atoms with Crippen LogP contribution in [0.4, 0.5) is 0 Å². The summed E-state index contributed by atoms with van der Waals surface area (Å²) in [5.74, 6) is 0.240. The van der Waals surface area contributed by atoms with Gasteiger partial charge >= 0.3 is 0 Å². The van der Waals surface area contributed by atoms with Crippen LogP contribution in [-0.2, 0) is 9.59 Å². The van der Waals surface area contributed by atoms with Crippen molar-refractivity contribution in [1.82, 2.24) is 9.80 Å². The van der Waals surface area contributed by atoms with Crippen LogP contribution < -0.4 is 0 Å². The van der Waals surface area contributed by atoms with Gasteiger partial charge in [0.05, 0.1) is 5.92 Å². The quantitative estimate of drug-likeness (QED) is 0.733. The predicted molar refractivity (Wildman–Crippen MR) is 86.2 cm³/mol. The lowest BCUT2D eigenvalue weighted by molar-refractivity contribution is -0.137. The summed E-state index contributed by atoms with van der Waals surface area (Å²) in [4.78, 5) is 29.2. The number of carbonyl (C=O) groups excluding carboxylic acids is 2. The van der Waals surface area contributed by atoms with Crippen LogP contribution in [-0.4, -0.2) is 46.8 Å². The highest BCUT2D eigenvalue weighted by Crippen LogP contribution is 2.32. The third-order valence-corrected chi connectivity index (χ3v) is 5.65. The van der Waals surface area contributed by atoms with Crippen LogP contribution in [0.5, 0.6) is 0 Å². The van der Waals surface area contributed by atoms with Gasteiger partial charge in [0.15, 0.2) is 0 Å². The fraction of sp³-hybridized carbons (Fsp3) is 0.778. The van der Waals surface area contributed by atoms with Crippen molar-refractivity contribution in [1.29, 1.82) is 0 Å². The third kappa shape index (κ3) is 3.06. The van der Waals surface area contributed by atoms with E-state index in [-0.39, 0.29) is 17.7 Å². The summed E-state index contributed by atoms with van der Waals surface area (Å²) < 4.78 is 0. The minimum absolute atomic E-state index is 0.131. The van der Waals surface area contributed by atoms with Crippen LogP contribution in [0.25, 0.3) is 0 Å². The molecular weight excluding hydrogens is 276 g/mol. The third-order valence-electron chi connectivity index (χ3n) is 5.65. The highest BCUT2D eigenvalue weighted by Gasteiger charge is 2.41. The summed E-state index contributed by atoms with van der Waals surface area (Å²) in [7, 11) is 0. The average Bonchev–Trinajstić information content (AvgIpc) is 3.24. The number of amides is 2. The van der Waals surface area contributed by atoms with Gasteiger partial charge in [-0.1, -0.05) is 31.8 Å². The first-order chi connectivity index (χ1) is 10.7.